The fourth-order valence-corrected chi connectivity index (χ4v) is 1.59. The van der Waals surface area contributed by atoms with Crippen LogP contribution in [-0.4, -0.2) is 14.8 Å². The SMILES string of the molecule is ClCSc1csnn1. The van der Waals surface area contributed by atoms with Gasteiger partial charge in [0.25, 0.3) is 0 Å². The Kier molecular flexibility index (Phi) is 2.58. The first-order valence-corrected chi connectivity index (χ1v) is 4.25. The van der Waals surface area contributed by atoms with Crippen molar-refractivity contribution in [2.75, 3.05) is 5.21 Å². The molecule has 0 bridgehead atoms. The third-order valence-corrected chi connectivity index (χ3v) is 2.13. The van der Waals surface area contributed by atoms with Crippen LogP contribution in [0.1, 0.15) is 0 Å². The number of thioether (sulfide) groups is 1. The monoisotopic (exact) mass is 166 g/mol. The molecule has 1 aromatic rings. The third-order valence-electron chi connectivity index (χ3n) is 0.542. The van der Waals surface area contributed by atoms with E-state index in [2.05, 4.69) is 9.59 Å². The number of alkyl halides is 1. The lowest BCUT2D eigenvalue weighted by Gasteiger charge is -1.81. The van der Waals surface area contributed by atoms with Crippen molar-refractivity contribution in [2.45, 2.75) is 5.03 Å². The minimum absolute atomic E-state index is 0.547. The summed E-state index contributed by atoms with van der Waals surface area (Å²) in [6.45, 7) is 0. The van der Waals surface area contributed by atoms with Crippen LogP contribution in [0.3, 0.4) is 0 Å². The van der Waals surface area contributed by atoms with E-state index in [1.807, 2.05) is 5.38 Å². The predicted octanol–water partition coefficient (Wildman–Crippen LogP) is 1.83. The molecule has 1 heterocycles. The molecule has 0 fully saturated rings. The van der Waals surface area contributed by atoms with Crippen molar-refractivity contribution < 1.29 is 0 Å². The van der Waals surface area contributed by atoms with Gasteiger partial charge in [0.05, 0.1) is 5.21 Å². The molecule has 0 aliphatic carbocycles. The molecule has 0 radical (unpaired) electrons. The van der Waals surface area contributed by atoms with Crippen LogP contribution >= 0.6 is 34.9 Å². The summed E-state index contributed by atoms with van der Waals surface area (Å²) in [6.07, 6.45) is 0. The van der Waals surface area contributed by atoms with E-state index in [1.165, 1.54) is 23.3 Å². The lowest BCUT2D eigenvalue weighted by atomic mass is 11.0. The van der Waals surface area contributed by atoms with Crippen LogP contribution in [0.15, 0.2) is 10.4 Å². The highest BCUT2D eigenvalue weighted by Crippen LogP contribution is 2.15. The molecule has 0 amide bonds. The van der Waals surface area contributed by atoms with Crippen LogP contribution in [0.2, 0.25) is 0 Å². The third kappa shape index (κ3) is 1.61. The molecule has 0 spiro atoms. The molecule has 0 aliphatic heterocycles. The molecule has 0 aliphatic rings. The molecule has 1 aromatic heterocycles. The summed E-state index contributed by atoms with van der Waals surface area (Å²) in [4.78, 5) is 0. The second-order valence-corrected chi connectivity index (χ2v) is 3.19. The lowest BCUT2D eigenvalue weighted by molar-refractivity contribution is 1.04. The molecule has 2 nitrogen and oxygen atoms in total. The summed E-state index contributed by atoms with van der Waals surface area (Å²) in [5.41, 5.74) is 0. The van der Waals surface area contributed by atoms with Crippen molar-refractivity contribution in [3.05, 3.63) is 5.38 Å². The maximum atomic E-state index is 5.39. The predicted molar refractivity (Wildman–Crippen MR) is 36.5 cm³/mol. The highest BCUT2D eigenvalue weighted by Gasteiger charge is 1.91. The van der Waals surface area contributed by atoms with Gasteiger partial charge in [-0.15, -0.1) is 16.7 Å². The van der Waals surface area contributed by atoms with Gasteiger partial charge in [0.2, 0.25) is 0 Å². The molecular weight excluding hydrogens is 164 g/mol. The molecule has 8 heavy (non-hydrogen) atoms. The molecule has 0 atom stereocenters. The second kappa shape index (κ2) is 3.27. The minimum Gasteiger partial charge on any atom is -0.132 e. The molecule has 5 heteroatoms. The van der Waals surface area contributed by atoms with E-state index in [4.69, 9.17) is 11.6 Å². The first-order valence-electron chi connectivity index (χ1n) is 1.89. The van der Waals surface area contributed by atoms with Crippen molar-refractivity contribution >= 4 is 34.9 Å². The average Bonchev–Trinajstić information content (AvgIpc) is 2.19. The Labute approximate surface area is 60.4 Å². The van der Waals surface area contributed by atoms with Crippen molar-refractivity contribution in [2.24, 2.45) is 0 Å². The summed E-state index contributed by atoms with van der Waals surface area (Å²) in [5.74, 6) is 0. The first kappa shape index (κ1) is 6.32. The molecule has 0 N–H and O–H groups in total. The maximum Gasteiger partial charge on any atom is 0.132 e. The van der Waals surface area contributed by atoms with E-state index in [0.29, 0.717) is 5.21 Å². The summed E-state index contributed by atoms with van der Waals surface area (Å²) in [5, 5.41) is 7.08. The van der Waals surface area contributed by atoms with Crippen molar-refractivity contribution in [3.8, 4) is 0 Å². The highest BCUT2D eigenvalue weighted by molar-refractivity contribution is 8.00. The standard InChI is InChI=1S/C3H3ClN2S2/c4-2-7-3-1-8-6-5-3/h1H,2H2. The summed E-state index contributed by atoms with van der Waals surface area (Å²) >= 11 is 8.22. The summed E-state index contributed by atoms with van der Waals surface area (Å²) in [6, 6.07) is 0. The fourth-order valence-electron chi connectivity index (χ4n) is 0.275. The molecule has 1 rings (SSSR count). The Morgan fingerprint density at radius 1 is 1.88 bits per heavy atom. The van der Waals surface area contributed by atoms with Crippen molar-refractivity contribution in [1.82, 2.24) is 9.59 Å². The smallest absolute Gasteiger partial charge is 0.132 e. The van der Waals surface area contributed by atoms with Gasteiger partial charge in [-0.2, -0.15) is 0 Å². The number of aromatic nitrogens is 2. The van der Waals surface area contributed by atoms with Gasteiger partial charge in [0, 0.05) is 5.38 Å². The Morgan fingerprint density at radius 3 is 3.25 bits per heavy atom. The molecule has 0 saturated heterocycles. The van der Waals surface area contributed by atoms with Gasteiger partial charge in [-0.25, -0.2) is 0 Å². The quantitative estimate of drug-likeness (QED) is 0.495. The van der Waals surface area contributed by atoms with Crippen molar-refractivity contribution in [1.29, 1.82) is 0 Å². The van der Waals surface area contributed by atoms with E-state index < -0.39 is 0 Å². The number of halogens is 1. The maximum absolute atomic E-state index is 5.39. The molecule has 0 unspecified atom stereocenters. The fraction of sp³-hybridized carbons (Fsp3) is 0.333. The number of hydrogen-bond acceptors (Lipinski definition) is 4. The topological polar surface area (TPSA) is 25.8 Å². The number of nitrogens with zero attached hydrogens (tertiary/aromatic N) is 2. The lowest BCUT2D eigenvalue weighted by Crippen LogP contribution is -1.68. The average molecular weight is 167 g/mol. The van der Waals surface area contributed by atoms with Crippen LogP contribution in [0.4, 0.5) is 0 Å². The Balaban J connectivity index is 2.50. The zero-order chi connectivity index (χ0) is 5.82. The molecule has 0 saturated carbocycles. The molecular formula is C3H3ClN2S2. The minimum atomic E-state index is 0.547. The Hall–Kier alpha value is 0.200. The van der Waals surface area contributed by atoms with Gasteiger partial charge in [-0.1, -0.05) is 16.3 Å². The molecule has 44 valence electrons. The van der Waals surface area contributed by atoms with E-state index >= 15 is 0 Å². The van der Waals surface area contributed by atoms with Gasteiger partial charge in [-0.3, -0.25) is 0 Å². The second-order valence-electron chi connectivity index (χ2n) is 0.997. The first-order chi connectivity index (χ1) is 3.93. The Morgan fingerprint density at radius 2 is 2.75 bits per heavy atom. The van der Waals surface area contributed by atoms with Crippen molar-refractivity contribution in [3.63, 3.8) is 0 Å². The van der Waals surface area contributed by atoms with E-state index in [0.717, 1.165) is 5.03 Å². The number of rotatable bonds is 2. The van der Waals surface area contributed by atoms with Crippen LogP contribution < -0.4 is 0 Å². The molecule has 0 aromatic carbocycles. The van der Waals surface area contributed by atoms with Gasteiger partial charge < -0.3 is 0 Å². The largest absolute Gasteiger partial charge is 0.132 e. The van der Waals surface area contributed by atoms with Crippen LogP contribution in [0, 0.1) is 0 Å². The van der Waals surface area contributed by atoms with Gasteiger partial charge in [0.15, 0.2) is 0 Å². The van der Waals surface area contributed by atoms with Gasteiger partial charge in [-0.05, 0) is 11.5 Å². The van der Waals surface area contributed by atoms with Gasteiger partial charge in [0.1, 0.15) is 5.03 Å². The van der Waals surface area contributed by atoms with Crippen LogP contribution in [0.5, 0.6) is 0 Å². The van der Waals surface area contributed by atoms with E-state index in [9.17, 15) is 0 Å². The van der Waals surface area contributed by atoms with E-state index in [1.54, 1.807) is 0 Å². The Bertz CT molecular complexity index is 141. The van der Waals surface area contributed by atoms with Crippen LogP contribution in [0.25, 0.3) is 0 Å². The summed E-state index contributed by atoms with van der Waals surface area (Å²) in [7, 11) is 0. The zero-order valence-corrected chi connectivity index (χ0v) is 6.26. The highest BCUT2D eigenvalue weighted by atomic mass is 35.5. The van der Waals surface area contributed by atoms with Gasteiger partial charge >= 0.3 is 0 Å². The van der Waals surface area contributed by atoms with E-state index in [-0.39, 0.29) is 0 Å². The number of hydrogen-bond donors (Lipinski definition) is 0. The summed E-state index contributed by atoms with van der Waals surface area (Å²) < 4.78 is 3.65. The normalized spacial score (nSPS) is 9.62. The van der Waals surface area contributed by atoms with Crippen LogP contribution in [-0.2, 0) is 0 Å². The zero-order valence-electron chi connectivity index (χ0n) is 3.87.